The molecule has 1 heterocycles. The molecule has 0 aliphatic rings. The van der Waals surface area contributed by atoms with E-state index in [1.165, 1.54) is 23.3 Å². The molecule has 0 radical (unpaired) electrons. The van der Waals surface area contributed by atoms with E-state index in [0.717, 1.165) is 23.8 Å². The van der Waals surface area contributed by atoms with Crippen LogP contribution in [0.25, 0.3) is 11.5 Å². The fraction of sp³-hybridized carbons (Fsp3) is 0.273. The number of aromatic nitrogens is 1. The molecule has 0 aliphatic heterocycles. The first-order valence-electron chi connectivity index (χ1n) is 9.42. The molecule has 0 saturated carbocycles. The molecule has 0 bridgehead atoms. The van der Waals surface area contributed by atoms with Gasteiger partial charge in [-0.05, 0) is 43.7 Å². The van der Waals surface area contributed by atoms with Gasteiger partial charge in [-0.1, -0.05) is 29.8 Å². The van der Waals surface area contributed by atoms with Crippen molar-refractivity contribution in [3.63, 3.8) is 0 Å². The average Bonchev–Trinajstić information content (AvgIpc) is 3.17. The highest BCUT2D eigenvalue weighted by Crippen LogP contribution is 2.18. The normalized spacial score (nSPS) is 11.1. The molecule has 0 atom stereocenters. The standard InChI is InChI=1S/C22H25FN4O.HI/c1-3-24-22(26-14-17-6-4-16(2)5-7-17)25-13-12-20-15-28-21(27-20)18-8-10-19(23)11-9-18;/h4-11,15H,3,12-14H2,1-2H3,(H2,24,25,26);1H. The second-order valence-corrected chi connectivity index (χ2v) is 6.51. The van der Waals surface area contributed by atoms with E-state index in [0.29, 0.717) is 25.4 Å². The number of guanidine groups is 1. The molecule has 5 nitrogen and oxygen atoms in total. The third kappa shape index (κ3) is 7.16. The lowest BCUT2D eigenvalue weighted by molar-refractivity contribution is 0.571. The summed E-state index contributed by atoms with van der Waals surface area (Å²) >= 11 is 0. The number of hydrogen-bond donors (Lipinski definition) is 2. The van der Waals surface area contributed by atoms with Gasteiger partial charge in [0.1, 0.15) is 12.1 Å². The van der Waals surface area contributed by atoms with Crippen molar-refractivity contribution in [2.45, 2.75) is 26.8 Å². The topological polar surface area (TPSA) is 62.5 Å². The molecule has 0 aliphatic carbocycles. The zero-order valence-corrected chi connectivity index (χ0v) is 18.9. The molecule has 1 aromatic heterocycles. The van der Waals surface area contributed by atoms with Crippen LogP contribution < -0.4 is 10.6 Å². The van der Waals surface area contributed by atoms with Gasteiger partial charge in [0.25, 0.3) is 0 Å². The van der Waals surface area contributed by atoms with Crippen molar-refractivity contribution >= 4 is 29.9 Å². The molecular formula is C22H26FIN4O. The van der Waals surface area contributed by atoms with Crippen molar-refractivity contribution in [2.75, 3.05) is 13.1 Å². The third-order valence-corrected chi connectivity index (χ3v) is 4.20. The predicted octanol–water partition coefficient (Wildman–Crippen LogP) is 4.70. The number of rotatable bonds is 7. The largest absolute Gasteiger partial charge is 0.444 e. The minimum atomic E-state index is -0.277. The van der Waals surface area contributed by atoms with Gasteiger partial charge in [-0.15, -0.1) is 24.0 Å². The molecule has 7 heteroatoms. The molecule has 3 rings (SSSR count). The van der Waals surface area contributed by atoms with E-state index < -0.39 is 0 Å². The summed E-state index contributed by atoms with van der Waals surface area (Å²) in [6.45, 7) is 6.20. The van der Waals surface area contributed by atoms with Crippen LogP contribution in [0.5, 0.6) is 0 Å². The van der Waals surface area contributed by atoms with Crippen LogP contribution in [0.3, 0.4) is 0 Å². The number of nitrogens with one attached hydrogen (secondary N) is 2. The Kier molecular flexibility index (Phi) is 9.11. The Bertz CT molecular complexity index is 907. The second kappa shape index (κ2) is 11.5. The van der Waals surface area contributed by atoms with Crippen LogP contribution in [0.15, 0.2) is 64.2 Å². The van der Waals surface area contributed by atoms with Crippen molar-refractivity contribution in [1.29, 1.82) is 0 Å². The van der Waals surface area contributed by atoms with Gasteiger partial charge in [0.05, 0.1) is 12.2 Å². The van der Waals surface area contributed by atoms with E-state index in [2.05, 4.69) is 51.8 Å². The maximum Gasteiger partial charge on any atom is 0.226 e. The summed E-state index contributed by atoms with van der Waals surface area (Å²) < 4.78 is 18.5. The molecule has 0 unspecified atom stereocenters. The highest BCUT2D eigenvalue weighted by molar-refractivity contribution is 14.0. The van der Waals surface area contributed by atoms with Crippen molar-refractivity contribution < 1.29 is 8.81 Å². The molecule has 154 valence electrons. The quantitative estimate of drug-likeness (QED) is 0.276. The number of nitrogens with zero attached hydrogens (tertiary/aromatic N) is 2. The first-order chi connectivity index (χ1) is 13.6. The van der Waals surface area contributed by atoms with Crippen LogP contribution in [0.2, 0.25) is 0 Å². The summed E-state index contributed by atoms with van der Waals surface area (Å²) in [5, 5.41) is 6.56. The summed E-state index contributed by atoms with van der Waals surface area (Å²) in [7, 11) is 0. The first kappa shape index (κ1) is 22.9. The van der Waals surface area contributed by atoms with Gasteiger partial charge < -0.3 is 15.1 Å². The Morgan fingerprint density at radius 3 is 2.48 bits per heavy atom. The van der Waals surface area contributed by atoms with E-state index in [9.17, 15) is 4.39 Å². The summed E-state index contributed by atoms with van der Waals surface area (Å²) in [5.74, 6) is 0.987. The van der Waals surface area contributed by atoms with Crippen molar-refractivity contribution in [3.05, 3.63) is 77.4 Å². The Labute approximate surface area is 187 Å². The average molecular weight is 508 g/mol. The van der Waals surface area contributed by atoms with E-state index in [1.54, 1.807) is 18.4 Å². The summed E-state index contributed by atoms with van der Waals surface area (Å²) in [6.07, 6.45) is 2.33. The third-order valence-electron chi connectivity index (χ3n) is 4.20. The van der Waals surface area contributed by atoms with Crippen LogP contribution >= 0.6 is 24.0 Å². The van der Waals surface area contributed by atoms with Gasteiger partial charge in [-0.3, -0.25) is 0 Å². The van der Waals surface area contributed by atoms with E-state index in [-0.39, 0.29) is 29.8 Å². The highest BCUT2D eigenvalue weighted by Gasteiger charge is 2.07. The smallest absolute Gasteiger partial charge is 0.226 e. The van der Waals surface area contributed by atoms with Crippen molar-refractivity contribution in [1.82, 2.24) is 15.6 Å². The van der Waals surface area contributed by atoms with Gasteiger partial charge in [0.2, 0.25) is 5.89 Å². The number of oxazole rings is 1. The minimum Gasteiger partial charge on any atom is -0.444 e. The van der Waals surface area contributed by atoms with Crippen LogP contribution in [-0.2, 0) is 13.0 Å². The molecule has 29 heavy (non-hydrogen) atoms. The maximum absolute atomic E-state index is 13.0. The van der Waals surface area contributed by atoms with E-state index >= 15 is 0 Å². The summed E-state index contributed by atoms with van der Waals surface area (Å²) in [6, 6.07) is 14.5. The number of aliphatic imine (C=N–C) groups is 1. The SMILES string of the molecule is CCNC(=NCc1ccc(C)cc1)NCCc1coc(-c2ccc(F)cc2)n1.I. The molecule has 0 fully saturated rings. The molecule has 0 spiro atoms. The van der Waals surface area contributed by atoms with Crippen LogP contribution in [-0.4, -0.2) is 24.0 Å². The van der Waals surface area contributed by atoms with Gasteiger partial charge in [-0.25, -0.2) is 14.4 Å². The summed E-state index contributed by atoms with van der Waals surface area (Å²) in [5.41, 5.74) is 4.00. The lowest BCUT2D eigenvalue weighted by Crippen LogP contribution is -2.38. The Morgan fingerprint density at radius 2 is 1.79 bits per heavy atom. The number of halogens is 2. The Balaban J connectivity index is 0.00000300. The van der Waals surface area contributed by atoms with E-state index in [1.807, 2.05) is 6.92 Å². The Hall–Kier alpha value is -2.42. The van der Waals surface area contributed by atoms with Crippen molar-refractivity contribution in [2.24, 2.45) is 4.99 Å². The molecule has 3 aromatic rings. The van der Waals surface area contributed by atoms with Gasteiger partial charge >= 0.3 is 0 Å². The van der Waals surface area contributed by atoms with Crippen LogP contribution in [0.4, 0.5) is 4.39 Å². The molecule has 0 saturated heterocycles. The number of benzene rings is 2. The Morgan fingerprint density at radius 1 is 1.07 bits per heavy atom. The lowest BCUT2D eigenvalue weighted by Gasteiger charge is -2.10. The lowest BCUT2D eigenvalue weighted by atomic mass is 10.1. The molecule has 0 amide bonds. The second-order valence-electron chi connectivity index (χ2n) is 6.51. The fourth-order valence-electron chi connectivity index (χ4n) is 2.66. The minimum absolute atomic E-state index is 0. The molecule has 2 N–H and O–H groups in total. The predicted molar refractivity (Wildman–Crippen MR) is 125 cm³/mol. The molecular weight excluding hydrogens is 482 g/mol. The molecule has 2 aromatic carbocycles. The van der Waals surface area contributed by atoms with Gasteiger partial charge in [0.15, 0.2) is 5.96 Å². The summed E-state index contributed by atoms with van der Waals surface area (Å²) in [4.78, 5) is 9.09. The highest BCUT2D eigenvalue weighted by atomic mass is 127. The first-order valence-corrected chi connectivity index (χ1v) is 9.42. The number of hydrogen-bond acceptors (Lipinski definition) is 3. The zero-order valence-electron chi connectivity index (χ0n) is 16.6. The fourth-order valence-corrected chi connectivity index (χ4v) is 2.66. The van der Waals surface area contributed by atoms with E-state index in [4.69, 9.17) is 4.42 Å². The zero-order chi connectivity index (χ0) is 19.8. The maximum atomic E-state index is 13.0. The van der Waals surface area contributed by atoms with Gasteiger partial charge in [0, 0.05) is 25.1 Å². The van der Waals surface area contributed by atoms with Crippen LogP contribution in [0.1, 0.15) is 23.7 Å². The van der Waals surface area contributed by atoms with Gasteiger partial charge in [-0.2, -0.15) is 0 Å². The monoisotopic (exact) mass is 508 g/mol. The van der Waals surface area contributed by atoms with Crippen molar-refractivity contribution in [3.8, 4) is 11.5 Å². The van der Waals surface area contributed by atoms with Crippen LogP contribution in [0, 0.1) is 12.7 Å². The number of aryl methyl sites for hydroxylation is 1.